The van der Waals surface area contributed by atoms with Gasteiger partial charge in [-0.15, -0.1) is 0 Å². The minimum absolute atomic E-state index is 0.0442. The number of hydrogen-bond donors (Lipinski definition) is 1. The highest BCUT2D eigenvalue weighted by atomic mass is 19.1. The zero-order chi connectivity index (χ0) is 15.2. The van der Waals surface area contributed by atoms with Gasteiger partial charge in [0.2, 0.25) is 6.08 Å². The van der Waals surface area contributed by atoms with Crippen molar-refractivity contribution < 1.29 is 18.7 Å². The van der Waals surface area contributed by atoms with Gasteiger partial charge < -0.3 is 10.1 Å². The van der Waals surface area contributed by atoms with Crippen LogP contribution in [0, 0.1) is 10.8 Å². The number of aliphatic imine (C=N–C) groups is 1. The van der Waals surface area contributed by atoms with Gasteiger partial charge in [-0.2, -0.15) is 0 Å². The van der Waals surface area contributed by atoms with E-state index in [9.17, 15) is 14.0 Å². The number of ether oxygens (including phenoxy) is 1. The molecule has 0 spiro atoms. The van der Waals surface area contributed by atoms with Crippen molar-refractivity contribution >= 4 is 12.2 Å². The second-order valence-corrected chi connectivity index (χ2v) is 6.61. The first kappa shape index (κ1) is 16.6. The van der Waals surface area contributed by atoms with Crippen molar-refractivity contribution in [3.8, 4) is 0 Å². The molecule has 0 bridgehead atoms. The standard InChI is InChI=1S/C14H23FN2O3/c1-13(2)6-11(17-10-18)7-14(3,8-13)9-16-12(19)20-5-4-15/h11H,4-9H2,1-3H3,(H,16,19). The van der Waals surface area contributed by atoms with Gasteiger partial charge >= 0.3 is 6.09 Å². The molecule has 1 aliphatic rings. The summed E-state index contributed by atoms with van der Waals surface area (Å²) < 4.78 is 16.6. The van der Waals surface area contributed by atoms with Crippen LogP contribution in [0.1, 0.15) is 40.0 Å². The fourth-order valence-electron chi connectivity index (χ4n) is 3.35. The van der Waals surface area contributed by atoms with Crippen LogP contribution in [0.3, 0.4) is 0 Å². The van der Waals surface area contributed by atoms with E-state index in [1.807, 2.05) is 0 Å². The monoisotopic (exact) mass is 286 g/mol. The quantitative estimate of drug-likeness (QED) is 0.624. The SMILES string of the molecule is CC1(C)CC(N=C=O)CC(C)(CNC(=O)OCCF)C1. The van der Waals surface area contributed by atoms with E-state index in [2.05, 4.69) is 35.8 Å². The first-order chi connectivity index (χ1) is 9.30. The minimum atomic E-state index is -0.687. The fourth-order valence-corrected chi connectivity index (χ4v) is 3.35. The lowest BCUT2D eigenvalue weighted by Crippen LogP contribution is -2.44. The van der Waals surface area contributed by atoms with Gasteiger partial charge in [0.25, 0.3) is 0 Å². The normalized spacial score (nSPS) is 28.3. The summed E-state index contributed by atoms with van der Waals surface area (Å²) in [5.41, 5.74) is -0.121. The van der Waals surface area contributed by atoms with E-state index in [1.54, 1.807) is 6.08 Å². The Balaban J connectivity index is 2.61. The predicted octanol–water partition coefficient (Wildman–Crippen LogP) is 2.60. The van der Waals surface area contributed by atoms with Gasteiger partial charge in [-0.05, 0) is 30.1 Å². The largest absolute Gasteiger partial charge is 0.447 e. The third kappa shape index (κ3) is 5.29. The Labute approximate surface area is 119 Å². The van der Waals surface area contributed by atoms with E-state index >= 15 is 0 Å². The number of alkyl halides is 1. The smallest absolute Gasteiger partial charge is 0.407 e. The predicted molar refractivity (Wildman–Crippen MR) is 73.0 cm³/mol. The topological polar surface area (TPSA) is 67.8 Å². The van der Waals surface area contributed by atoms with Gasteiger partial charge in [0.15, 0.2) is 0 Å². The van der Waals surface area contributed by atoms with Crippen molar-refractivity contribution in [2.75, 3.05) is 19.8 Å². The van der Waals surface area contributed by atoms with Crippen LogP contribution < -0.4 is 5.32 Å². The maximum absolute atomic E-state index is 11.9. The van der Waals surface area contributed by atoms with E-state index in [4.69, 9.17) is 0 Å². The molecular formula is C14H23FN2O3. The molecule has 114 valence electrons. The summed E-state index contributed by atoms with van der Waals surface area (Å²) in [6, 6.07) is -0.0649. The van der Waals surface area contributed by atoms with Gasteiger partial charge in [-0.25, -0.2) is 19.0 Å². The number of carbonyl (C=O) groups is 1. The minimum Gasteiger partial charge on any atom is -0.447 e. The molecule has 5 nitrogen and oxygen atoms in total. The summed E-state index contributed by atoms with van der Waals surface area (Å²) >= 11 is 0. The van der Waals surface area contributed by atoms with E-state index in [0.717, 1.165) is 19.3 Å². The van der Waals surface area contributed by atoms with Crippen molar-refractivity contribution in [3.63, 3.8) is 0 Å². The van der Waals surface area contributed by atoms with Gasteiger partial charge in [-0.1, -0.05) is 20.8 Å². The summed E-state index contributed by atoms with van der Waals surface area (Å²) in [5, 5.41) is 2.66. The van der Waals surface area contributed by atoms with Crippen LogP contribution in [0.15, 0.2) is 4.99 Å². The molecular weight excluding hydrogens is 263 g/mol. The molecule has 0 saturated heterocycles. The Morgan fingerprint density at radius 2 is 2.15 bits per heavy atom. The highest BCUT2D eigenvalue weighted by molar-refractivity contribution is 5.67. The number of nitrogens with zero attached hydrogens (tertiary/aromatic N) is 1. The first-order valence-electron chi connectivity index (χ1n) is 6.84. The molecule has 1 aliphatic carbocycles. The van der Waals surface area contributed by atoms with Crippen molar-refractivity contribution in [2.24, 2.45) is 15.8 Å². The molecule has 2 unspecified atom stereocenters. The molecule has 6 heteroatoms. The van der Waals surface area contributed by atoms with Crippen molar-refractivity contribution in [1.29, 1.82) is 0 Å². The molecule has 1 saturated carbocycles. The zero-order valence-electron chi connectivity index (χ0n) is 12.4. The molecule has 0 aliphatic heterocycles. The van der Waals surface area contributed by atoms with E-state index < -0.39 is 12.8 Å². The van der Waals surface area contributed by atoms with Crippen LogP contribution in [0.5, 0.6) is 0 Å². The van der Waals surface area contributed by atoms with Crippen LogP contribution in [-0.2, 0) is 9.53 Å². The Bertz CT molecular complexity index is 394. The van der Waals surface area contributed by atoms with Crippen LogP contribution in [-0.4, -0.2) is 38.0 Å². The Hall–Kier alpha value is -1.42. The van der Waals surface area contributed by atoms with Crippen molar-refractivity contribution in [3.05, 3.63) is 0 Å². The summed E-state index contributed by atoms with van der Waals surface area (Å²) in [7, 11) is 0. The van der Waals surface area contributed by atoms with E-state index in [-0.39, 0.29) is 23.5 Å². The lowest BCUT2D eigenvalue weighted by atomic mass is 9.63. The summed E-state index contributed by atoms with van der Waals surface area (Å²) in [4.78, 5) is 25.7. The Morgan fingerprint density at radius 3 is 2.75 bits per heavy atom. The summed E-state index contributed by atoms with van der Waals surface area (Å²) in [5.74, 6) is 0. The van der Waals surface area contributed by atoms with Crippen LogP contribution >= 0.6 is 0 Å². The third-order valence-corrected chi connectivity index (χ3v) is 3.63. The van der Waals surface area contributed by atoms with Crippen molar-refractivity contribution in [2.45, 2.75) is 46.1 Å². The Kier molecular flexibility index (Phi) is 5.69. The molecule has 0 aromatic heterocycles. The molecule has 1 amide bonds. The van der Waals surface area contributed by atoms with Gasteiger partial charge in [0.1, 0.15) is 13.3 Å². The zero-order valence-corrected chi connectivity index (χ0v) is 12.4. The number of carbonyl (C=O) groups excluding carboxylic acids is 2. The molecule has 2 atom stereocenters. The molecule has 0 aromatic rings. The van der Waals surface area contributed by atoms with E-state index in [0.29, 0.717) is 6.54 Å². The second kappa shape index (κ2) is 6.84. The molecule has 0 aromatic carbocycles. The number of alkyl carbamates (subject to hydrolysis) is 1. The average Bonchev–Trinajstić information content (AvgIpc) is 2.32. The molecule has 0 radical (unpaired) electrons. The lowest BCUT2D eigenvalue weighted by molar-refractivity contribution is 0.0776. The number of amides is 1. The molecule has 1 fully saturated rings. The second-order valence-electron chi connectivity index (χ2n) is 6.61. The molecule has 0 heterocycles. The van der Waals surface area contributed by atoms with Crippen LogP contribution in [0.25, 0.3) is 0 Å². The third-order valence-electron chi connectivity index (χ3n) is 3.63. The maximum atomic E-state index is 11.9. The number of rotatable bonds is 5. The average molecular weight is 286 g/mol. The van der Waals surface area contributed by atoms with Crippen LogP contribution in [0.2, 0.25) is 0 Å². The first-order valence-corrected chi connectivity index (χ1v) is 6.84. The van der Waals surface area contributed by atoms with Gasteiger partial charge in [-0.3, -0.25) is 0 Å². The number of hydrogen-bond acceptors (Lipinski definition) is 4. The number of nitrogens with one attached hydrogen (secondary N) is 1. The Morgan fingerprint density at radius 1 is 1.45 bits per heavy atom. The highest BCUT2D eigenvalue weighted by Crippen LogP contribution is 2.46. The lowest BCUT2D eigenvalue weighted by Gasteiger charge is -2.45. The maximum Gasteiger partial charge on any atom is 0.407 e. The van der Waals surface area contributed by atoms with Crippen molar-refractivity contribution in [1.82, 2.24) is 5.32 Å². The van der Waals surface area contributed by atoms with Crippen LogP contribution in [0.4, 0.5) is 9.18 Å². The van der Waals surface area contributed by atoms with Gasteiger partial charge in [0.05, 0.1) is 6.04 Å². The summed E-state index contributed by atoms with van der Waals surface area (Å²) in [6.45, 7) is 5.81. The number of halogens is 1. The summed E-state index contributed by atoms with van der Waals surface area (Å²) in [6.07, 6.45) is 3.48. The number of isocyanates is 1. The molecule has 1 N–H and O–H groups in total. The van der Waals surface area contributed by atoms with Gasteiger partial charge in [0, 0.05) is 6.54 Å². The molecule has 1 rings (SSSR count). The highest BCUT2D eigenvalue weighted by Gasteiger charge is 2.41. The molecule has 20 heavy (non-hydrogen) atoms. The van der Waals surface area contributed by atoms with E-state index in [1.165, 1.54) is 0 Å². The fraction of sp³-hybridized carbons (Fsp3) is 0.857.